The van der Waals surface area contributed by atoms with E-state index in [1.54, 1.807) is 0 Å². The Labute approximate surface area is 77.6 Å². The van der Waals surface area contributed by atoms with Gasteiger partial charge in [0.1, 0.15) is 16.6 Å². The minimum atomic E-state index is -2.84. The van der Waals surface area contributed by atoms with Crippen molar-refractivity contribution in [2.24, 2.45) is 0 Å². The fourth-order valence-electron chi connectivity index (χ4n) is 0.854. The van der Waals surface area contributed by atoms with Gasteiger partial charge in [-0.05, 0) is 6.07 Å². The average molecular weight is 210 g/mol. The molecule has 1 aromatic heterocycles. The summed E-state index contributed by atoms with van der Waals surface area (Å²) in [6.45, 7) is -0.633. The highest BCUT2D eigenvalue weighted by atomic mass is 35.5. The van der Waals surface area contributed by atoms with Crippen LogP contribution in [0, 0.1) is 0 Å². The number of rotatable bonds is 2. The second-order valence-electron chi connectivity index (χ2n) is 2.29. The summed E-state index contributed by atoms with van der Waals surface area (Å²) < 4.78 is 24.4. The molecule has 1 aromatic rings. The summed E-state index contributed by atoms with van der Waals surface area (Å²) in [5.41, 5.74) is -0.869. The van der Waals surface area contributed by atoms with Crippen molar-refractivity contribution in [2.75, 3.05) is 0 Å². The summed E-state index contributed by atoms with van der Waals surface area (Å²) in [6.07, 6.45) is -2.84. The summed E-state index contributed by atoms with van der Waals surface area (Å²) in [5, 5.41) is 17.6. The highest BCUT2D eigenvalue weighted by Crippen LogP contribution is 2.32. The van der Waals surface area contributed by atoms with Crippen molar-refractivity contribution >= 4 is 11.6 Å². The molecule has 13 heavy (non-hydrogen) atoms. The SMILES string of the molecule is OCc1nc(Cl)cc(C(F)F)c1O. The molecule has 72 valence electrons. The van der Waals surface area contributed by atoms with Crippen LogP contribution >= 0.6 is 11.6 Å². The zero-order valence-electron chi connectivity index (χ0n) is 6.34. The number of alkyl halides is 2. The molecule has 0 bridgehead atoms. The number of aromatic nitrogens is 1. The standard InChI is InChI=1S/C7H6ClF2NO2/c8-5-1-3(7(9)10)6(13)4(2-12)11-5/h1,7,12-13H,2H2. The van der Waals surface area contributed by atoms with Crippen LogP contribution in [-0.2, 0) is 6.61 Å². The van der Waals surface area contributed by atoms with Gasteiger partial charge in [0.25, 0.3) is 6.43 Å². The highest BCUT2D eigenvalue weighted by molar-refractivity contribution is 6.29. The maximum absolute atomic E-state index is 12.2. The zero-order valence-corrected chi connectivity index (χ0v) is 7.09. The molecule has 0 atom stereocenters. The number of aliphatic hydroxyl groups excluding tert-OH is 1. The predicted molar refractivity (Wildman–Crippen MR) is 41.8 cm³/mol. The Kier molecular flexibility index (Phi) is 3.00. The van der Waals surface area contributed by atoms with E-state index in [0.717, 1.165) is 6.07 Å². The van der Waals surface area contributed by atoms with E-state index in [1.165, 1.54) is 0 Å². The first kappa shape index (κ1) is 10.1. The van der Waals surface area contributed by atoms with Gasteiger partial charge in [0, 0.05) is 0 Å². The van der Waals surface area contributed by atoms with Crippen molar-refractivity contribution in [1.82, 2.24) is 4.98 Å². The highest BCUT2D eigenvalue weighted by Gasteiger charge is 2.17. The molecule has 0 unspecified atom stereocenters. The molecule has 0 aromatic carbocycles. The molecular formula is C7H6ClF2NO2. The van der Waals surface area contributed by atoms with Crippen LogP contribution in [0.5, 0.6) is 5.75 Å². The Morgan fingerprint density at radius 3 is 2.62 bits per heavy atom. The van der Waals surface area contributed by atoms with Gasteiger partial charge in [-0.2, -0.15) is 0 Å². The van der Waals surface area contributed by atoms with Crippen LogP contribution in [-0.4, -0.2) is 15.2 Å². The van der Waals surface area contributed by atoms with Gasteiger partial charge in [0.05, 0.1) is 12.2 Å². The van der Waals surface area contributed by atoms with E-state index in [1.807, 2.05) is 0 Å². The maximum Gasteiger partial charge on any atom is 0.267 e. The molecule has 0 amide bonds. The van der Waals surface area contributed by atoms with Crippen LogP contribution in [0.1, 0.15) is 17.7 Å². The van der Waals surface area contributed by atoms with Gasteiger partial charge in [0.2, 0.25) is 0 Å². The normalized spacial score (nSPS) is 10.8. The zero-order chi connectivity index (χ0) is 10.0. The van der Waals surface area contributed by atoms with E-state index in [9.17, 15) is 8.78 Å². The number of halogens is 3. The fraction of sp³-hybridized carbons (Fsp3) is 0.286. The smallest absolute Gasteiger partial charge is 0.267 e. The van der Waals surface area contributed by atoms with Crippen molar-refractivity contribution in [3.05, 3.63) is 22.5 Å². The lowest BCUT2D eigenvalue weighted by Gasteiger charge is -2.06. The molecule has 1 rings (SSSR count). The number of hydrogen-bond donors (Lipinski definition) is 2. The molecule has 0 saturated heterocycles. The van der Waals surface area contributed by atoms with Crippen molar-refractivity contribution in [3.8, 4) is 5.75 Å². The maximum atomic E-state index is 12.2. The number of pyridine rings is 1. The summed E-state index contributed by atoms with van der Waals surface area (Å²) in [6, 6.07) is 0.862. The Balaban J connectivity index is 3.27. The Hall–Kier alpha value is -0.940. The Bertz CT molecular complexity index is 320. The molecule has 1 heterocycles. The van der Waals surface area contributed by atoms with Gasteiger partial charge in [-0.15, -0.1) is 0 Å². The van der Waals surface area contributed by atoms with E-state index in [4.69, 9.17) is 21.8 Å². The number of aliphatic hydroxyl groups is 1. The molecule has 0 aliphatic heterocycles. The molecule has 0 saturated carbocycles. The van der Waals surface area contributed by atoms with Gasteiger partial charge < -0.3 is 10.2 Å². The van der Waals surface area contributed by atoms with Crippen LogP contribution in [0.2, 0.25) is 5.15 Å². The lowest BCUT2D eigenvalue weighted by molar-refractivity contribution is 0.146. The summed E-state index contributed by atoms with van der Waals surface area (Å²) >= 11 is 5.38. The average Bonchev–Trinajstić information content (AvgIpc) is 2.08. The molecule has 3 nitrogen and oxygen atoms in total. The van der Waals surface area contributed by atoms with Gasteiger partial charge in [-0.25, -0.2) is 13.8 Å². The second-order valence-corrected chi connectivity index (χ2v) is 2.68. The van der Waals surface area contributed by atoms with Crippen LogP contribution in [0.25, 0.3) is 0 Å². The van der Waals surface area contributed by atoms with Crippen molar-refractivity contribution < 1.29 is 19.0 Å². The molecule has 0 radical (unpaired) electrons. The van der Waals surface area contributed by atoms with Gasteiger partial charge in [-0.1, -0.05) is 11.6 Å². The Morgan fingerprint density at radius 1 is 1.54 bits per heavy atom. The van der Waals surface area contributed by atoms with Gasteiger partial charge in [0.15, 0.2) is 0 Å². The number of nitrogens with zero attached hydrogens (tertiary/aromatic N) is 1. The fourth-order valence-corrected chi connectivity index (χ4v) is 1.07. The van der Waals surface area contributed by atoms with Crippen LogP contribution in [0.4, 0.5) is 8.78 Å². The van der Waals surface area contributed by atoms with Crippen LogP contribution in [0.3, 0.4) is 0 Å². The monoisotopic (exact) mass is 209 g/mol. The topological polar surface area (TPSA) is 53.4 Å². The van der Waals surface area contributed by atoms with E-state index >= 15 is 0 Å². The van der Waals surface area contributed by atoms with Gasteiger partial charge >= 0.3 is 0 Å². The molecule has 0 aliphatic rings. The molecule has 6 heteroatoms. The predicted octanol–water partition coefficient (Wildman–Crippen LogP) is 1.87. The summed E-state index contributed by atoms with van der Waals surface area (Å²) in [7, 11) is 0. The molecule has 0 fully saturated rings. The minimum absolute atomic E-state index is 0.183. The first-order valence-corrected chi connectivity index (χ1v) is 3.71. The van der Waals surface area contributed by atoms with Crippen molar-refractivity contribution in [2.45, 2.75) is 13.0 Å². The first-order valence-electron chi connectivity index (χ1n) is 3.33. The van der Waals surface area contributed by atoms with E-state index in [0.29, 0.717) is 0 Å². The number of hydrogen-bond acceptors (Lipinski definition) is 3. The minimum Gasteiger partial charge on any atom is -0.505 e. The first-order chi connectivity index (χ1) is 6.06. The Morgan fingerprint density at radius 2 is 2.15 bits per heavy atom. The van der Waals surface area contributed by atoms with Crippen molar-refractivity contribution in [1.29, 1.82) is 0 Å². The van der Waals surface area contributed by atoms with Crippen LogP contribution in [0.15, 0.2) is 6.07 Å². The van der Waals surface area contributed by atoms with Crippen molar-refractivity contribution in [3.63, 3.8) is 0 Å². The number of aromatic hydroxyl groups is 1. The summed E-state index contributed by atoms with van der Waals surface area (Å²) in [4.78, 5) is 3.47. The van der Waals surface area contributed by atoms with E-state index in [-0.39, 0.29) is 10.8 Å². The molecule has 0 aliphatic carbocycles. The second kappa shape index (κ2) is 3.85. The molecule has 0 spiro atoms. The lowest BCUT2D eigenvalue weighted by Crippen LogP contribution is -1.96. The van der Waals surface area contributed by atoms with Gasteiger partial charge in [-0.3, -0.25) is 0 Å². The quantitative estimate of drug-likeness (QED) is 0.731. The van der Waals surface area contributed by atoms with E-state index in [2.05, 4.69) is 4.98 Å². The molecular weight excluding hydrogens is 204 g/mol. The summed E-state index contributed by atoms with van der Waals surface area (Å²) in [5.74, 6) is -0.707. The third-order valence-electron chi connectivity index (χ3n) is 1.45. The van der Waals surface area contributed by atoms with Crippen LogP contribution < -0.4 is 0 Å². The lowest BCUT2D eigenvalue weighted by atomic mass is 10.2. The van der Waals surface area contributed by atoms with E-state index < -0.39 is 24.3 Å². The largest absolute Gasteiger partial charge is 0.505 e. The third-order valence-corrected chi connectivity index (χ3v) is 1.64. The third kappa shape index (κ3) is 2.05. The molecule has 2 N–H and O–H groups in total.